The number of benzene rings is 2. The Bertz CT molecular complexity index is 1120. The highest BCUT2D eigenvalue weighted by Crippen LogP contribution is 2.25. The smallest absolute Gasteiger partial charge is 0.349 e. The van der Waals surface area contributed by atoms with Crippen molar-refractivity contribution in [2.24, 2.45) is 0 Å². The normalized spacial score (nSPS) is 11.2. The molecule has 2 heterocycles. The van der Waals surface area contributed by atoms with Crippen LogP contribution in [0.3, 0.4) is 0 Å². The highest BCUT2D eigenvalue weighted by molar-refractivity contribution is 6.08. The number of carbonyl (C=O) groups excluding carboxylic acids is 1. The van der Waals surface area contributed by atoms with Gasteiger partial charge in [-0.3, -0.25) is 4.79 Å². The van der Waals surface area contributed by atoms with E-state index in [4.69, 9.17) is 4.42 Å². The molecule has 4 rings (SSSR count). The van der Waals surface area contributed by atoms with Gasteiger partial charge in [0.1, 0.15) is 11.1 Å². The fourth-order valence-corrected chi connectivity index (χ4v) is 2.67. The topological polar surface area (TPSA) is 65.1 Å². The molecule has 0 saturated carbocycles. The van der Waals surface area contributed by atoms with E-state index < -0.39 is 11.5 Å². The third-order valence-electron chi connectivity index (χ3n) is 3.80. The first kappa shape index (κ1) is 13.5. The number of fused-ring (bicyclic) bond motifs is 3. The van der Waals surface area contributed by atoms with Gasteiger partial charge in [0.25, 0.3) is 5.91 Å². The summed E-state index contributed by atoms with van der Waals surface area (Å²) in [6, 6.07) is 14.7. The molecular formula is C18H12N2O3. The molecule has 2 aromatic heterocycles. The van der Waals surface area contributed by atoms with E-state index in [2.05, 4.69) is 5.10 Å². The Kier molecular flexibility index (Phi) is 2.87. The van der Waals surface area contributed by atoms with Crippen LogP contribution in [-0.4, -0.2) is 15.7 Å². The maximum Gasteiger partial charge on any atom is 0.349 e. The number of nitrogens with zero attached hydrogens (tertiary/aromatic N) is 2. The van der Waals surface area contributed by atoms with Crippen LogP contribution in [0.15, 0.2) is 63.9 Å². The molecule has 4 aromatic rings. The van der Waals surface area contributed by atoms with Gasteiger partial charge in [0.05, 0.1) is 5.69 Å². The Labute approximate surface area is 130 Å². The second-order valence-corrected chi connectivity index (χ2v) is 5.35. The fraction of sp³-hybridized carbons (Fsp3) is 0.0556. The van der Waals surface area contributed by atoms with E-state index in [0.29, 0.717) is 11.3 Å². The van der Waals surface area contributed by atoms with Crippen LogP contribution in [0.5, 0.6) is 0 Å². The second-order valence-electron chi connectivity index (χ2n) is 5.35. The Morgan fingerprint density at radius 2 is 1.91 bits per heavy atom. The molecule has 0 saturated heterocycles. The molecule has 112 valence electrons. The van der Waals surface area contributed by atoms with E-state index in [1.54, 1.807) is 25.1 Å². The molecule has 5 heteroatoms. The van der Waals surface area contributed by atoms with Crippen molar-refractivity contribution in [3.63, 3.8) is 0 Å². The molecule has 0 aliphatic rings. The van der Waals surface area contributed by atoms with Crippen LogP contribution >= 0.6 is 0 Å². The first-order chi connectivity index (χ1) is 11.1. The highest BCUT2D eigenvalue weighted by atomic mass is 16.4. The van der Waals surface area contributed by atoms with Gasteiger partial charge in [-0.25, -0.2) is 9.48 Å². The van der Waals surface area contributed by atoms with E-state index in [9.17, 15) is 9.59 Å². The van der Waals surface area contributed by atoms with Gasteiger partial charge in [-0.05, 0) is 35.9 Å². The van der Waals surface area contributed by atoms with E-state index in [1.165, 1.54) is 6.20 Å². The summed E-state index contributed by atoms with van der Waals surface area (Å²) in [5.74, 6) is -0.498. The number of rotatable bonds is 1. The van der Waals surface area contributed by atoms with Crippen LogP contribution in [0, 0.1) is 6.92 Å². The van der Waals surface area contributed by atoms with Gasteiger partial charge in [-0.1, -0.05) is 30.3 Å². The second kappa shape index (κ2) is 4.91. The lowest BCUT2D eigenvalue weighted by molar-refractivity contribution is 0.0941. The van der Waals surface area contributed by atoms with Crippen molar-refractivity contribution in [3.05, 3.63) is 76.4 Å². The third-order valence-corrected chi connectivity index (χ3v) is 3.80. The average Bonchev–Trinajstić information content (AvgIpc) is 3.00. The fourth-order valence-electron chi connectivity index (χ4n) is 2.67. The minimum atomic E-state index is -0.661. The SMILES string of the molecule is Cc1ccn(C(=O)c2cc3c(ccc4ccccc43)oc2=O)n1. The molecule has 23 heavy (non-hydrogen) atoms. The van der Waals surface area contributed by atoms with E-state index in [-0.39, 0.29) is 5.56 Å². The van der Waals surface area contributed by atoms with Crippen molar-refractivity contribution in [2.45, 2.75) is 6.92 Å². The molecule has 0 spiro atoms. The third kappa shape index (κ3) is 2.14. The van der Waals surface area contributed by atoms with Gasteiger partial charge in [0, 0.05) is 11.6 Å². The molecule has 0 atom stereocenters. The predicted molar refractivity (Wildman–Crippen MR) is 86.7 cm³/mol. The zero-order chi connectivity index (χ0) is 16.0. The summed E-state index contributed by atoms with van der Waals surface area (Å²) >= 11 is 0. The molecule has 0 fully saturated rings. The molecule has 5 nitrogen and oxygen atoms in total. The maximum atomic E-state index is 12.5. The van der Waals surface area contributed by atoms with Crippen molar-refractivity contribution in [1.82, 2.24) is 9.78 Å². The largest absolute Gasteiger partial charge is 0.422 e. The van der Waals surface area contributed by atoms with Gasteiger partial charge in [-0.15, -0.1) is 0 Å². The van der Waals surface area contributed by atoms with Crippen molar-refractivity contribution in [1.29, 1.82) is 0 Å². The Hall–Kier alpha value is -3.21. The van der Waals surface area contributed by atoms with Crippen LogP contribution in [0.1, 0.15) is 16.1 Å². The van der Waals surface area contributed by atoms with E-state index in [0.717, 1.165) is 20.8 Å². The van der Waals surface area contributed by atoms with Crippen LogP contribution < -0.4 is 5.63 Å². The first-order valence-electron chi connectivity index (χ1n) is 7.16. The molecule has 0 aliphatic heterocycles. The van der Waals surface area contributed by atoms with E-state index in [1.807, 2.05) is 30.3 Å². The number of aryl methyl sites for hydroxylation is 1. The Balaban J connectivity index is 2.00. The van der Waals surface area contributed by atoms with Crippen LogP contribution in [0.4, 0.5) is 0 Å². The lowest BCUT2D eigenvalue weighted by Gasteiger charge is -2.05. The summed E-state index contributed by atoms with van der Waals surface area (Å²) in [6.07, 6.45) is 1.53. The molecule has 2 aromatic carbocycles. The van der Waals surface area contributed by atoms with Crippen molar-refractivity contribution < 1.29 is 9.21 Å². The van der Waals surface area contributed by atoms with Crippen molar-refractivity contribution in [2.75, 3.05) is 0 Å². The van der Waals surface area contributed by atoms with Gasteiger partial charge < -0.3 is 4.42 Å². The lowest BCUT2D eigenvalue weighted by atomic mass is 10.0. The number of aromatic nitrogens is 2. The molecule has 0 aliphatic carbocycles. The number of hydrogen-bond acceptors (Lipinski definition) is 4. The Morgan fingerprint density at radius 1 is 1.09 bits per heavy atom. The average molecular weight is 304 g/mol. The molecule has 0 N–H and O–H groups in total. The molecule has 0 radical (unpaired) electrons. The lowest BCUT2D eigenvalue weighted by Crippen LogP contribution is -2.21. The Morgan fingerprint density at radius 3 is 2.70 bits per heavy atom. The molecular weight excluding hydrogens is 292 g/mol. The van der Waals surface area contributed by atoms with Crippen molar-refractivity contribution >= 4 is 27.6 Å². The molecule has 0 bridgehead atoms. The van der Waals surface area contributed by atoms with Crippen molar-refractivity contribution in [3.8, 4) is 0 Å². The van der Waals surface area contributed by atoms with E-state index >= 15 is 0 Å². The highest BCUT2D eigenvalue weighted by Gasteiger charge is 2.17. The minimum Gasteiger partial charge on any atom is -0.422 e. The predicted octanol–water partition coefficient (Wildman–Crippen LogP) is 3.14. The number of carbonyl (C=O) groups is 1. The minimum absolute atomic E-state index is 0.0306. The van der Waals surface area contributed by atoms with Gasteiger partial charge >= 0.3 is 5.63 Å². The summed E-state index contributed by atoms with van der Waals surface area (Å²) in [5, 5.41) is 6.73. The zero-order valence-corrected chi connectivity index (χ0v) is 12.3. The molecule has 0 amide bonds. The van der Waals surface area contributed by atoms with Crippen LogP contribution in [-0.2, 0) is 0 Å². The summed E-state index contributed by atoms with van der Waals surface area (Å²) < 4.78 is 6.48. The summed E-state index contributed by atoms with van der Waals surface area (Å²) in [5.41, 5.74) is 0.471. The van der Waals surface area contributed by atoms with Gasteiger partial charge in [0.2, 0.25) is 0 Å². The maximum absolute atomic E-state index is 12.5. The van der Waals surface area contributed by atoms with Crippen LogP contribution in [0.25, 0.3) is 21.7 Å². The first-order valence-corrected chi connectivity index (χ1v) is 7.16. The van der Waals surface area contributed by atoms with Gasteiger partial charge in [0.15, 0.2) is 0 Å². The summed E-state index contributed by atoms with van der Waals surface area (Å²) in [7, 11) is 0. The number of hydrogen-bond donors (Lipinski definition) is 0. The zero-order valence-electron chi connectivity index (χ0n) is 12.3. The molecule has 0 unspecified atom stereocenters. The van der Waals surface area contributed by atoms with Gasteiger partial charge in [-0.2, -0.15) is 5.10 Å². The monoisotopic (exact) mass is 304 g/mol. The summed E-state index contributed by atoms with van der Waals surface area (Å²) in [4.78, 5) is 24.7. The van der Waals surface area contributed by atoms with Crippen LogP contribution in [0.2, 0.25) is 0 Å². The quantitative estimate of drug-likeness (QED) is 0.400. The summed E-state index contributed by atoms with van der Waals surface area (Å²) in [6.45, 7) is 1.78. The standard InChI is InChI=1S/C18H12N2O3/c1-11-8-9-20(19-11)17(21)15-10-14-13-5-3-2-4-12(13)6-7-16(14)23-18(15)22/h2-10H,1H3.